The molecule has 0 spiro atoms. The smallest absolute Gasteiger partial charge is 0.233 e. The van der Waals surface area contributed by atoms with Crippen LogP contribution in [0.2, 0.25) is 0 Å². The first-order chi connectivity index (χ1) is 12.7. The van der Waals surface area contributed by atoms with Crippen LogP contribution in [0.3, 0.4) is 0 Å². The van der Waals surface area contributed by atoms with Gasteiger partial charge in [-0.25, -0.2) is 0 Å². The molecule has 2 fully saturated rings. The van der Waals surface area contributed by atoms with E-state index in [4.69, 9.17) is 9.47 Å². The van der Waals surface area contributed by atoms with Crippen molar-refractivity contribution in [3.63, 3.8) is 0 Å². The van der Waals surface area contributed by atoms with Gasteiger partial charge >= 0.3 is 0 Å². The first-order valence-corrected chi connectivity index (χ1v) is 10.1. The number of hydrogen-bond donors (Lipinski definition) is 0. The third-order valence-electron chi connectivity index (χ3n) is 6.36. The van der Waals surface area contributed by atoms with E-state index < -0.39 is 0 Å². The predicted octanol–water partition coefficient (Wildman–Crippen LogP) is 3.17. The molecule has 0 unspecified atom stereocenters. The van der Waals surface area contributed by atoms with E-state index in [1.54, 1.807) is 0 Å². The summed E-state index contributed by atoms with van der Waals surface area (Å²) in [5, 5.41) is 0. The fourth-order valence-corrected chi connectivity index (χ4v) is 4.77. The normalized spacial score (nSPS) is 22.9. The van der Waals surface area contributed by atoms with E-state index in [9.17, 15) is 4.79 Å². The van der Waals surface area contributed by atoms with Gasteiger partial charge in [0.1, 0.15) is 0 Å². The Bertz CT molecular complexity index is 655. The van der Waals surface area contributed by atoms with Gasteiger partial charge in [-0.05, 0) is 50.0 Å². The molecular formula is C21H30N2O3. The fraction of sp³-hybridized carbons (Fsp3) is 0.667. The van der Waals surface area contributed by atoms with Gasteiger partial charge in [-0.1, -0.05) is 32.3 Å². The molecule has 1 amide bonds. The maximum Gasteiger partial charge on any atom is 0.233 e. The summed E-state index contributed by atoms with van der Waals surface area (Å²) in [6.07, 6.45) is 6.42. The van der Waals surface area contributed by atoms with Crippen LogP contribution < -0.4 is 9.47 Å². The number of ether oxygens (including phenoxy) is 2. The zero-order valence-corrected chi connectivity index (χ0v) is 15.8. The van der Waals surface area contributed by atoms with Crippen molar-refractivity contribution in [2.75, 3.05) is 39.5 Å². The van der Waals surface area contributed by atoms with Gasteiger partial charge in [0, 0.05) is 19.6 Å². The van der Waals surface area contributed by atoms with Gasteiger partial charge in [-0.3, -0.25) is 4.79 Å². The number of fused-ring (bicyclic) bond motifs is 1. The lowest BCUT2D eigenvalue weighted by atomic mass is 9.68. The van der Waals surface area contributed by atoms with Crippen LogP contribution in [0.1, 0.15) is 51.0 Å². The number of benzene rings is 1. The summed E-state index contributed by atoms with van der Waals surface area (Å²) in [7, 11) is 0. The Morgan fingerprint density at radius 2 is 1.81 bits per heavy atom. The van der Waals surface area contributed by atoms with Crippen LogP contribution in [0, 0.1) is 0 Å². The van der Waals surface area contributed by atoms with Gasteiger partial charge in [-0.15, -0.1) is 0 Å². The van der Waals surface area contributed by atoms with Gasteiger partial charge in [0.05, 0.1) is 5.41 Å². The summed E-state index contributed by atoms with van der Waals surface area (Å²) in [5.74, 6) is 1.91. The first kappa shape index (κ1) is 17.7. The molecular weight excluding hydrogens is 328 g/mol. The third-order valence-corrected chi connectivity index (χ3v) is 6.36. The van der Waals surface area contributed by atoms with Crippen molar-refractivity contribution < 1.29 is 14.3 Å². The summed E-state index contributed by atoms with van der Waals surface area (Å²) >= 11 is 0. The Kier molecular flexibility index (Phi) is 5.07. The Hall–Kier alpha value is -1.75. The van der Waals surface area contributed by atoms with Crippen molar-refractivity contribution in [3.05, 3.63) is 23.8 Å². The monoisotopic (exact) mass is 358 g/mol. The molecule has 0 N–H and O–H groups in total. The van der Waals surface area contributed by atoms with Crippen molar-refractivity contribution in [1.82, 2.24) is 9.80 Å². The summed E-state index contributed by atoms with van der Waals surface area (Å²) < 4.78 is 11.1. The second-order valence-corrected chi connectivity index (χ2v) is 7.79. The summed E-state index contributed by atoms with van der Waals surface area (Å²) in [4.78, 5) is 18.3. The molecule has 4 rings (SSSR count). The minimum absolute atomic E-state index is 0.276. The Morgan fingerprint density at radius 1 is 1.00 bits per heavy atom. The highest BCUT2D eigenvalue weighted by Gasteiger charge is 2.44. The second kappa shape index (κ2) is 7.47. The number of likely N-dealkylation sites (N-methyl/N-ethyl adjacent to an activating group) is 1. The van der Waals surface area contributed by atoms with Crippen molar-refractivity contribution in [2.45, 2.75) is 50.9 Å². The Morgan fingerprint density at radius 3 is 2.62 bits per heavy atom. The molecule has 2 heterocycles. The minimum Gasteiger partial charge on any atom is -0.454 e. The zero-order chi connectivity index (χ0) is 18.0. The molecule has 0 radical (unpaired) electrons. The molecule has 5 nitrogen and oxygen atoms in total. The highest BCUT2D eigenvalue weighted by Crippen LogP contribution is 2.44. The quantitative estimate of drug-likeness (QED) is 0.832. The molecule has 0 aromatic heterocycles. The van der Waals surface area contributed by atoms with Gasteiger partial charge in [0.15, 0.2) is 11.5 Å². The molecule has 1 aromatic rings. The van der Waals surface area contributed by atoms with Gasteiger partial charge in [0.2, 0.25) is 12.7 Å². The third kappa shape index (κ3) is 3.18. The van der Waals surface area contributed by atoms with E-state index in [0.717, 1.165) is 81.9 Å². The average molecular weight is 358 g/mol. The molecule has 1 aliphatic carbocycles. The van der Waals surface area contributed by atoms with E-state index in [0.29, 0.717) is 5.91 Å². The van der Waals surface area contributed by atoms with Crippen molar-refractivity contribution in [2.24, 2.45) is 0 Å². The SMILES string of the molecule is CCN1CCCN(C(=O)C2(c3ccc4c(c3)OCO4)CCCCC2)CC1. The minimum atomic E-state index is -0.388. The number of carbonyl (C=O) groups excluding carboxylic acids is 1. The molecule has 1 saturated carbocycles. The number of amides is 1. The molecule has 1 saturated heterocycles. The number of carbonyl (C=O) groups is 1. The standard InChI is InChI=1S/C21H30N2O3/c1-2-22-11-6-12-23(14-13-22)20(24)21(9-4-3-5-10-21)17-7-8-18-19(15-17)26-16-25-18/h7-8,15H,2-6,9-14,16H2,1H3. The van der Waals surface area contributed by atoms with Crippen LogP contribution in [0.25, 0.3) is 0 Å². The summed E-state index contributed by atoms with van der Waals surface area (Å²) in [5.41, 5.74) is 0.726. The second-order valence-electron chi connectivity index (χ2n) is 7.79. The Balaban J connectivity index is 1.62. The van der Waals surface area contributed by atoms with Crippen LogP contribution in [0.5, 0.6) is 11.5 Å². The maximum atomic E-state index is 13.8. The molecule has 0 atom stereocenters. The van der Waals surface area contributed by atoms with Gasteiger partial charge in [0.25, 0.3) is 0 Å². The predicted molar refractivity (Wildman–Crippen MR) is 101 cm³/mol. The lowest BCUT2D eigenvalue weighted by molar-refractivity contribution is -0.138. The van der Waals surface area contributed by atoms with E-state index in [1.165, 1.54) is 6.42 Å². The van der Waals surface area contributed by atoms with Crippen LogP contribution in [-0.2, 0) is 10.2 Å². The average Bonchev–Trinajstić information content (AvgIpc) is 3.03. The summed E-state index contributed by atoms with van der Waals surface area (Å²) in [6, 6.07) is 6.12. The topological polar surface area (TPSA) is 42.0 Å². The van der Waals surface area contributed by atoms with Crippen LogP contribution >= 0.6 is 0 Å². The van der Waals surface area contributed by atoms with E-state index in [-0.39, 0.29) is 12.2 Å². The zero-order valence-electron chi connectivity index (χ0n) is 15.8. The number of hydrogen-bond acceptors (Lipinski definition) is 4. The van der Waals surface area contributed by atoms with Crippen LogP contribution in [-0.4, -0.2) is 55.2 Å². The van der Waals surface area contributed by atoms with Crippen molar-refractivity contribution >= 4 is 5.91 Å². The maximum absolute atomic E-state index is 13.8. The molecule has 5 heteroatoms. The van der Waals surface area contributed by atoms with Crippen molar-refractivity contribution in [3.8, 4) is 11.5 Å². The highest BCUT2D eigenvalue weighted by atomic mass is 16.7. The molecule has 2 aliphatic heterocycles. The van der Waals surface area contributed by atoms with Crippen LogP contribution in [0.4, 0.5) is 0 Å². The molecule has 1 aromatic carbocycles. The lowest BCUT2D eigenvalue weighted by Crippen LogP contribution is -2.49. The van der Waals surface area contributed by atoms with Gasteiger partial charge < -0.3 is 19.3 Å². The lowest BCUT2D eigenvalue weighted by Gasteiger charge is -2.40. The van der Waals surface area contributed by atoms with E-state index in [2.05, 4.69) is 28.9 Å². The molecule has 3 aliphatic rings. The number of rotatable bonds is 3. The summed E-state index contributed by atoms with van der Waals surface area (Å²) in [6.45, 7) is 7.35. The Labute approximate surface area is 156 Å². The first-order valence-electron chi connectivity index (χ1n) is 10.1. The highest BCUT2D eigenvalue weighted by molar-refractivity contribution is 5.88. The fourth-order valence-electron chi connectivity index (χ4n) is 4.77. The molecule has 26 heavy (non-hydrogen) atoms. The molecule has 142 valence electrons. The molecule has 0 bridgehead atoms. The van der Waals surface area contributed by atoms with E-state index >= 15 is 0 Å². The van der Waals surface area contributed by atoms with E-state index in [1.807, 2.05) is 6.07 Å². The van der Waals surface area contributed by atoms with Crippen molar-refractivity contribution in [1.29, 1.82) is 0 Å². The van der Waals surface area contributed by atoms with Gasteiger partial charge in [-0.2, -0.15) is 0 Å². The largest absolute Gasteiger partial charge is 0.454 e. The number of nitrogens with zero attached hydrogens (tertiary/aromatic N) is 2. The van der Waals surface area contributed by atoms with Crippen LogP contribution in [0.15, 0.2) is 18.2 Å².